The normalized spacial score (nSPS) is 32.3. The second-order valence-electron chi connectivity index (χ2n) is 14.6. The fourth-order valence-electron chi connectivity index (χ4n) is 7.06. The first kappa shape index (κ1) is 34.8. The van der Waals surface area contributed by atoms with Crippen LogP contribution in [-0.4, -0.2) is 33.6 Å². The molecule has 2 aliphatic carbocycles. The second-order valence-corrected chi connectivity index (χ2v) is 14.6. The third-order valence-electron chi connectivity index (χ3n) is 9.34. The van der Waals surface area contributed by atoms with Crippen molar-refractivity contribution in [3.05, 3.63) is 119 Å². The predicted octanol–water partition coefficient (Wildman–Crippen LogP) is 9.76. The maximum Gasteiger partial charge on any atom is 0.121 e. The number of aliphatic hydroxyl groups is 2. The molecular formula is C40H56O3. The van der Waals surface area contributed by atoms with Crippen LogP contribution in [0.15, 0.2) is 119 Å². The van der Waals surface area contributed by atoms with Gasteiger partial charge in [-0.1, -0.05) is 135 Å². The van der Waals surface area contributed by atoms with E-state index in [0.717, 1.165) is 19.3 Å². The lowest BCUT2D eigenvalue weighted by Crippen LogP contribution is -2.46. The first-order chi connectivity index (χ1) is 20.0. The van der Waals surface area contributed by atoms with Gasteiger partial charge in [-0.2, -0.15) is 0 Å². The molecular weight excluding hydrogens is 528 g/mol. The second kappa shape index (κ2) is 13.9. The van der Waals surface area contributed by atoms with Crippen molar-refractivity contribution < 1.29 is 14.9 Å². The van der Waals surface area contributed by atoms with Crippen LogP contribution in [0.5, 0.6) is 0 Å². The number of hydrogen-bond acceptors (Lipinski definition) is 3. The number of aliphatic hydroxyl groups excluding tert-OH is 2. The third kappa shape index (κ3) is 8.91. The molecule has 3 nitrogen and oxygen atoms in total. The number of hydrogen-bond donors (Lipinski definition) is 2. The Balaban J connectivity index is 1.50. The van der Waals surface area contributed by atoms with E-state index in [0.29, 0.717) is 6.42 Å². The number of allylic oxidation sites excluding steroid dienone is 18. The fourth-order valence-corrected chi connectivity index (χ4v) is 7.06. The summed E-state index contributed by atoms with van der Waals surface area (Å²) in [6.07, 6.45) is 32.3. The van der Waals surface area contributed by atoms with Gasteiger partial charge in [0.05, 0.1) is 12.2 Å². The Morgan fingerprint density at radius 2 is 1.19 bits per heavy atom. The molecule has 43 heavy (non-hydrogen) atoms. The minimum Gasteiger partial charge on any atom is -0.393 e. The molecule has 1 aliphatic heterocycles. The zero-order valence-corrected chi connectivity index (χ0v) is 28.4. The van der Waals surface area contributed by atoms with Crippen LogP contribution in [0.3, 0.4) is 0 Å². The quantitative estimate of drug-likeness (QED) is 0.198. The maximum absolute atomic E-state index is 10.2. The largest absolute Gasteiger partial charge is 0.393 e. The SMILES string of the molecule is CC1=C(/C=C/C(C)=C/C=C/C(C)=C\C=C\C=C(C)\C=C\C=C(C)/C=C/C23OC2(C)CC(O)CC3(C)C)C(C)(C)CC(O)C1. The monoisotopic (exact) mass is 584 g/mol. The van der Waals surface area contributed by atoms with Crippen LogP contribution < -0.4 is 0 Å². The molecule has 234 valence electrons. The molecule has 3 rings (SSSR count). The van der Waals surface area contributed by atoms with E-state index in [1.54, 1.807) is 0 Å². The van der Waals surface area contributed by atoms with Gasteiger partial charge in [-0.3, -0.25) is 0 Å². The van der Waals surface area contributed by atoms with Gasteiger partial charge in [-0.05, 0) is 77.9 Å². The topological polar surface area (TPSA) is 53.0 Å². The molecule has 3 heteroatoms. The molecule has 0 spiro atoms. The molecule has 2 N–H and O–H groups in total. The van der Waals surface area contributed by atoms with Crippen LogP contribution in [0.1, 0.15) is 94.9 Å². The minimum atomic E-state index is -0.291. The summed E-state index contributed by atoms with van der Waals surface area (Å²) in [6, 6.07) is 0. The molecule has 0 radical (unpaired) electrons. The Hall–Kier alpha value is -2.72. The zero-order chi connectivity index (χ0) is 32.1. The standard InChI is InChI=1S/C40H56O3/c1-29(17-13-19-31(3)21-22-36-33(5)25-34(41)26-37(36,6)7)15-11-12-16-30(2)18-14-20-32(4)23-24-40-38(8,9)27-35(42)28-39(40,10)43-40/h11-24,34-35,41-42H,25-28H2,1-10H3/b12-11+,17-13+,18-14+,22-21+,24-23+,29-15-,30-16+,31-19+,32-20-. The number of epoxide rings is 1. The molecule has 1 heterocycles. The molecule has 4 atom stereocenters. The summed E-state index contributed by atoms with van der Waals surface area (Å²) in [5, 5.41) is 20.4. The van der Waals surface area contributed by atoms with Gasteiger partial charge in [0.15, 0.2) is 0 Å². The van der Waals surface area contributed by atoms with Crippen LogP contribution in [0, 0.1) is 10.8 Å². The van der Waals surface area contributed by atoms with Gasteiger partial charge >= 0.3 is 0 Å². The number of fused-ring (bicyclic) bond motifs is 1. The molecule has 1 saturated heterocycles. The van der Waals surface area contributed by atoms with Crippen LogP contribution >= 0.6 is 0 Å². The summed E-state index contributed by atoms with van der Waals surface area (Å²) in [6.45, 7) is 21.5. The minimum absolute atomic E-state index is 0.00262. The van der Waals surface area contributed by atoms with Crippen molar-refractivity contribution in [2.75, 3.05) is 0 Å². The lowest BCUT2D eigenvalue weighted by atomic mass is 9.63. The number of ether oxygens (including phenoxy) is 1. The molecule has 3 aliphatic rings. The summed E-state index contributed by atoms with van der Waals surface area (Å²) in [4.78, 5) is 0. The van der Waals surface area contributed by atoms with Crippen molar-refractivity contribution in [3.8, 4) is 0 Å². The lowest BCUT2D eigenvalue weighted by molar-refractivity contribution is 0.0515. The van der Waals surface area contributed by atoms with Crippen molar-refractivity contribution >= 4 is 0 Å². The van der Waals surface area contributed by atoms with Crippen molar-refractivity contribution in [1.82, 2.24) is 0 Å². The summed E-state index contributed by atoms with van der Waals surface area (Å²) in [5.74, 6) is 0. The first-order valence-corrected chi connectivity index (χ1v) is 15.9. The highest BCUT2D eigenvalue weighted by Gasteiger charge is 2.74. The summed E-state index contributed by atoms with van der Waals surface area (Å²) < 4.78 is 6.25. The smallest absolute Gasteiger partial charge is 0.121 e. The van der Waals surface area contributed by atoms with Crippen molar-refractivity contribution in [3.63, 3.8) is 0 Å². The van der Waals surface area contributed by atoms with Crippen molar-refractivity contribution in [1.29, 1.82) is 0 Å². The summed E-state index contributed by atoms with van der Waals surface area (Å²) in [7, 11) is 0. The van der Waals surface area contributed by atoms with Crippen molar-refractivity contribution in [2.45, 2.75) is 118 Å². The maximum atomic E-state index is 10.2. The van der Waals surface area contributed by atoms with Gasteiger partial charge in [-0.15, -0.1) is 0 Å². The van der Waals surface area contributed by atoms with Crippen LogP contribution in [-0.2, 0) is 4.74 Å². The molecule has 0 aromatic heterocycles. The highest BCUT2D eigenvalue weighted by molar-refractivity contribution is 5.39. The fraction of sp³-hybridized carbons (Fsp3) is 0.500. The van der Waals surface area contributed by atoms with Gasteiger partial charge in [-0.25, -0.2) is 0 Å². The van der Waals surface area contributed by atoms with E-state index in [-0.39, 0.29) is 34.2 Å². The molecule has 0 bridgehead atoms. The van der Waals surface area contributed by atoms with E-state index < -0.39 is 0 Å². The number of rotatable bonds is 10. The Bertz CT molecular complexity index is 1330. The summed E-state index contributed by atoms with van der Waals surface area (Å²) in [5.41, 5.74) is 6.71. The molecule has 1 saturated carbocycles. The molecule has 0 aromatic carbocycles. The van der Waals surface area contributed by atoms with Gasteiger partial charge in [0, 0.05) is 11.8 Å². The third-order valence-corrected chi connectivity index (χ3v) is 9.34. The first-order valence-electron chi connectivity index (χ1n) is 15.9. The molecule has 4 unspecified atom stereocenters. The molecule has 0 aromatic rings. The Morgan fingerprint density at radius 1 is 0.674 bits per heavy atom. The average molecular weight is 585 g/mol. The van der Waals surface area contributed by atoms with E-state index in [9.17, 15) is 10.2 Å². The summed E-state index contributed by atoms with van der Waals surface area (Å²) >= 11 is 0. The lowest BCUT2D eigenvalue weighted by Gasteiger charge is -2.39. The Labute approximate surface area is 262 Å². The molecule has 2 fully saturated rings. The Kier molecular flexibility index (Phi) is 11.3. The van der Waals surface area contributed by atoms with Gasteiger partial charge in [0.1, 0.15) is 11.2 Å². The Morgan fingerprint density at radius 3 is 1.72 bits per heavy atom. The van der Waals surface area contributed by atoms with E-state index in [4.69, 9.17) is 4.74 Å². The highest BCUT2D eigenvalue weighted by Crippen LogP contribution is 2.66. The van der Waals surface area contributed by atoms with Crippen LogP contribution in [0.4, 0.5) is 0 Å². The van der Waals surface area contributed by atoms with Gasteiger partial charge in [0.25, 0.3) is 0 Å². The zero-order valence-electron chi connectivity index (χ0n) is 28.4. The van der Waals surface area contributed by atoms with E-state index >= 15 is 0 Å². The van der Waals surface area contributed by atoms with Gasteiger partial charge in [0.2, 0.25) is 0 Å². The van der Waals surface area contributed by atoms with Gasteiger partial charge < -0.3 is 14.9 Å². The van der Waals surface area contributed by atoms with E-state index in [2.05, 4.69) is 154 Å². The molecule has 0 amide bonds. The predicted molar refractivity (Wildman–Crippen MR) is 184 cm³/mol. The van der Waals surface area contributed by atoms with Crippen LogP contribution in [0.25, 0.3) is 0 Å². The average Bonchev–Trinajstić information content (AvgIpc) is 3.49. The van der Waals surface area contributed by atoms with E-state index in [1.807, 2.05) is 0 Å². The van der Waals surface area contributed by atoms with E-state index in [1.165, 1.54) is 33.4 Å². The van der Waals surface area contributed by atoms with Crippen molar-refractivity contribution in [2.24, 2.45) is 10.8 Å². The van der Waals surface area contributed by atoms with Crippen LogP contribution in [0.2, 0.25) is 0 Å². The highest BCUT2D eigenvalue weighted by atomic mass is 16.6.